The van der Waals surface area contributed by atoms with E-state index in [4.69, 9.17) is 4.74 Å². The monoisotopic (exact) mass is 295 g/mol. The Morgan fingerprint density at radius 2 is 2.12 bits per heavy atom. The zero-order valence-electron chi connectivity index (χ0n) is 10.4. The minimum atomic E-state index is 0.632. The van der Waals surface area contributed by atoms with Crippen LogP contribution in [0.5, 0.6) is 0 Å². The average molecular weight is 296 g/mol. The highest BCUT2D eigenvalue weighted by Gasteiger charge is 2.09. The lowest BCUT2D eigenvalue weighted by atomic mass is 10.1. The summed E-state index contributed by atoms with van der Waals surface area (Å²) in [5.74, 6) is 0. The fourth-order valence-corrected chi connectivity index (χ4v) is 2.67. The Morgan fingerprint density at radius 1 is 1.29 bits per heavy atom. The Kier molecular flexibility index (Phi) is 4.24. The van der Waals surface area contributed by atoms with Crippen molar-refractivity contribution in [2.75, 3.05) is 6.61 Å². The van der Waals surface area contributed by atoms with E-state index in [9.17, 15) is 0 Å². The van der Waals surface area contributed by atoms with Gasteiger partial charge in [0.05, 0.1) is 5.52 Å². The quantitative estimate of drug-likeness (QED) is 0.748. The molecule has 0 atom stereocenters. The summed E-state index contributed by atoms with van der Waals surface area (Å²) in [5, 5.41) is 1.32. The van der Waals surface area contributed by atoms with Gasteiger partial charge in [0.1, 0.15) is 6.73 Å². The van der Waals surface area contributed by atoms with Gasteiger partial charge in [-0.15, -0.1) is 0 Å². The number of aryl methyl sites for hydroxylation is 1. The molecule has 2 rings (SSSR count). The standard InChI is InChI=1S/C14H18BrNO/c1-3-8-17-10-16-9-11(4-2)12-6-5-7-13(15)14(12)16/h5-7,9H,3-4,8,10H2,1-2H3. The van der Waals surface area contributed by atoms with Gasteiger partial charge in [0.2, 0.25) is 0 Å². The average Bonchev–Trinajstić information content (AvgIpc) is 2.69. The number of hydrogen-bond donors (Lipinski definition) is 0. The summed E-state index contributed by atoms with van der Waals surface area (Å²) in [6.45, 7) is 5.76. The Morgan fingerprint density at radius 3 is 2.82 bits per heavy atom. The van der Waals surface area contributed by atoms with Crippen LogP contribution in [0.3, 0.4) is 0 Å². The molecular formula is C14H18BrNO. The van der Waals surface area contributed by atoms with E-state index in [1.807, 2.05) is 0 Å². The topological polar surface area (TPSA) is 14.2 Å². The lowest BCUT2D eigenvalue weighted by Gasteiger charge is -2.07. The van der Waals surface area contributed by atoms with Crippen molar-refractivity contribution < 1.29 is 4.74 Å². The fourth-order valence-electron chi connectivity index (χ4n) is 2.08. The molecule has 0 saturated heterocycles. The molecule has 0 fully saturated rings. The fraction of sp³-hybridized carbons (Fsp3) is 0.429. The van der Waals surface area contributed by atoms with Crippen LogP contribution in [0.4, 0.5) is 0 Å². The maximum atomic E-state index is 5.63. The molecule has 0 aliphatic carbocycles. The lowest BCUT2D eigenvalue weighted by Crippen LogP contribution is -2.02. The zero-order valence-corrected chi connectivity index (χ0v) is 12.0. The van der Waals surface area contributed by atoms with Crippen LogP contribution < -0.4 is 0 Å². The number of aromatic nitrogens is 1. The van der Waals surface area contributed by atoms with Gasteiger partial charge < -0.3 is 9.30 Å². The number of hydrogen-bond acceptors (Lipinski definition) is 1. The number of rotatable bonds is 5. The first-order valence-electron chi connectivity index (χ1n) is 6.11. The Labute approximate surface area is 111 Å². The van der Waals surface area contributed by atoms with E-state index < -0.39 is 0 Å². The Balaban J connectivity index is 2.40. The van der Waals surface area contributed by atoms with Crippen LogP contribution in [-0.2, 0) is 17.9 Å². The van der Waals surface area contributed by atoms with Crippen molar-refractivity contribution in [1.29, 1.82) is 0 Å². The number of halogens is 1. The van der Waals surface area contributed by atoms with Gasteiger partial charge in [0, 0.05) is 22.7 Å². The maximum Gasteiger partial charge on any atom is 0.122 e. The molecule has 2 aromatic rings. The number of fused-ring (bicyclic) bond motifs is 1. The first kappa shape index (κ1) is 12.7. The molecule has 1 aromatic carbocycles. The highest BCUT2D eigenvalue weighted by molar-refractivity contribution is 9.10. The molecule has 0 unspecified atom stereocenters. The summed E-state index contributed by atoms with van der Waals surface area (Å²) in [6, 6.07) is 6.34. The summed E-state index contributed by atoms with van der Waals surface area (Å²) in [6.07, 6.45) is 4.31. The first-order valence-corrected chi connectivity index (χ1v) is 6.91. The van der Waals surface area contributed by atoms with Crippen LogP contribution in [0.2, 0.25) is 0 Å². The van der Waals surface area contributed by atoms with Gasteiger partial charge in [-0.1, -0.05) is 26.0 Å². The van der Waals surface area contributed by atoms with E-state index in [0.29, 0.717) is 6.73 Å². The minimum absolute atomic E-state index is 0.632. The van der Waals surface area contributed by atoms with Gasteiger partial charge in [-0.05, 0) is 40.4 Å². The van der Waals surface area contributed by atoms with Crippen molar-refractivity contribution >= 4 is 26.8 Å². The van der Waals surface area contributed by atoms with Gasteiger partial charge in [0.15, 0.2) is 0 Å². The molecule has 0 saturated carbocycles. The molecular weight excluding hydrogens is 278 g/mol. The second-order valence-electron chi connectivity index (χ2n) is 4.15. The van der Waals surface area contributed by atoms with Crippen molar-refractivity contribution in [2.24, 2.45) is 0 Å². The molecule has 0 N–H and O–H groups in total. The summed E-state index contributed by atoms with van der Waals surface area (Å²) in [5.41, 5.74) is 2.61. The second kappa shape index (κ2) is 5.69. The van der Waals surface area contributed by atoms with Gasteiger partial charge in [0.25, 0.3) is 0 Å². The highest BCUT2D eigenvalue weighted by atomic mass is 79.9. The van der Waals surface area contributed by atoms with Gasteiger partial charge in [-0.25, -0.2) is 0 Å². The summed E-state index contributed by atoms with van der Waals surface area (Å²) < 4.78 is 8.95. The smallest absolute Gasteiger partial charge is 0.122 e. The van der Waals surface area contributed by atoms with Crippen molar-refractivity contribution in [3.63, 3.8) is 0 Å². The zero-order chi connectivity index (χ0) is 12.3. The molecule has 3 heteroatoms. The molecule has 1 heterocycles. The molecule has 0 aliphatic rings. The molecule has 92 valence electrons. The SMILES string of the molecule is CCCOCn1cc(CC)c2cccc(Br)c21. The van der Waals surface area contributed by atoms with E-state index in [1.165, 1.54) is 16.5 Å². The third-order valence-corrected chi connectivity index (χ3v) is 3.53. The van der Waals surface area contributed by atoms with Gasteiger partial charge in [-0.3, -0.25) is 0 Å². The molecule has 1 aromatic heterocycles. The predicted molar refractivity (Wildman–Crippen MR) is 75.3 cm³/mol. The molecule has 0 amide bonds. The number of nitrogens with zero attached hydrogens (tertiary/aromatic N) is 1. The molecule has 0 bridgehead atoms. The van der Waals surface area contributed by atoms with Gasteiger partial charge in [-0.2, -0.15) is 0 Å². The van der Waals surface area contributed by atoms with Crippen molar-refractivity contribution in [3.8, 4) is 0 Å². The Bertz CT molecular complexity index is 504. The van der Waals surface area contributed by atoms with Crippen LogP contribution in [0.25, 0.3) is 10.9 Å². The second-order valence-corrected chi connectivity index (χ2v) is 5.01. The van der Waals surface area contributed by atoms with Crippen molar-refractivity contribution in [2.45, 2.75) is 33.4 Å². The number of ether oxygens (including phenoxy) is 1. The van der Waals surface area contributed by atoms with Crippen molar-refractivity contribution in [1.82, 2.24) is 4.57 Å². The first-order chi connectivity index (χ1) is 8.27. The van der Waals surface area contributed by atoms with Crippen LogP contribution in [0.15, 0.2) is 28.9 Å². The van der Waals surface area contributed by atoms with E-state index in [2.05, 4.69) is 58.7 Å². The van der Waals surface area contributed by atoms with Crippen LogP contribution in [0.1, 0.15) is 25.8 Å². The van der Waals surface area contributed by atoms with E-state index in [1.54, 1.807) is 0 Å². The third-order valence-electron chi connectivity index (χ3n) is 2.89. The Hall–Kier alpha value is -0.800. The van der Waals surface area contributed by atoms with E-state index in [0.717, 1.165) is 23.9 Å². The minimum Gasteiger partial charge on any atom is -0.361 e. The van der Waals surface area contributed by atoms with Crippen LogP contribution in [0, 0.1) is 0 Å². The number of benzene rings is 1. The third kappa shape index (κ3) is 2.55. The predicted octanol–water partition coefficient (Wildman–Crippen LogP) is 4.35. The molecule has 0 radical (unpaired) electrons. The molecule has 0 spiro atoms. The van der Waals surface area contributed by atoms with E-state index >= 15 is 0 Å². The maximum absolute atomic E-state index is 5.63. The van der Waals surface area contributed by atoms with Crippen molar-refractivity contribution in [3.05, 3.63) is 34.4 Å². The summed E-state index contributed by atoms with van der Waals surface area (Å²) in [4.78, 5) is 0. The van der Waals surface area contributed by atoms with E-state index in [-0.39, 0.29) is 0 Å². The van der Waals surface area contributed by atoms with Gasteiger partial charge >= 0.3 is 0 Å². The van der Waals surface area contributed by atoms with Crippen LogP contribution in [-0.4, -0.2) is 11.2 Å². The largest absolute Gasteiger partial charge is 0.361 e. The normalized spacial score (nSPS) is 11.2. The molecule has 2 nitrogen and oxygen atoms in total. The van der Waals surface area contributed by atoms with Crippen LogP contribution >= 0.6 is 15.9 Å². The molecule has 17 heavy (non-hydrogen) atoms. The lowest BCUT2D eigenvalue weighted by molar-refractivity contribution is 0.0803. The molecule has 0 aliphatic heterocycles. The summed E-state index contributed by atoms with van der Waals surface area (Å²) >= 11 is 3.62. The highest BCUT2D eigenvalue weighted by Crippen LogP contribution is 2.28. The number of para-hydroxylation sites is 1. The summed E-state index contributed by atoms with van der Waals surface area (Å²) in [7, 11) is 0.